The van der Waals surface area contributed by atoms with Gasteiger partial charge in [0, 0.05) is 22.2 Å². The Balaban J connectivity index is 2.67. The Hall–Kier alpha value is -0.610. The third-order valence-electron chi connectivity index (χ3n) is 3.57. The van der Waals surface area contributed by atoms with Crippen LogP contribution in [0, 0.1) is 13.8 Å². The zero-order chi connectivity index (χ0) is 16.0. The highest BCUT2D eigenvalue weighted by Gasteiger charge is 2.12. The molecule has 0 aliphatic carbocycles. The average molecular weight is 310 g/mol. The van der Waals surface area contributed by atoms with Crippen molar-refractivity contribution in [2.45, 2.75) is 77.8 Å². The van der Waals surface area contributed by atoms with Crippen molar-refractivity contribution in [2.75, 3.05) is 6.54 Å². The number of rotatable bonds is 7. The summed E-state index contributed by atoms with van der Waals surface area (Å²) in [5.74, 6) is 1.89. The first-order chi connectivity index (χ1) is 9.73. The minimum atomic E-state index is 0.162. The first-order valence-electron chi connectivity index (χ1n) is 7.92. The van der Waals surface area contributed by atoms with Crippen molar-refractivity contribution in [3.8, 4) is 0 Å². The van der Waals surface area contributed by atoms with E-state index in [9.17, 15) is 0 Å². The molecule has 21 heavy (non-hydrogen) atoms. The number of aromatic nitrogens is 2. The molecule has 1 N–H and O–H groups in total. The number of hydrogen-bond acceptors (Lipinski definition) is 4. The topological polar surface area (TPSA) is 37.8 Å². The molecule has 0 radical (unpaired) electrons. The molecule has 1 atom stereocenters. The van der Waals surface area contributed by atoms with Gasteiger partial charge < -0.3 is 5.32 Å². The van der Waals surface area contributed by atoms with Crippen LogP contribution in [0.1, 0.15) is 63.8 Å². The Morgan fingerprint density at radius 3 is 2.19 bits per heavy atom. The molecule has 0 aliphatic rings. The zero-order valence-corrected chi connectivity index (χ0v) is 15.5. The third kappa shape index (κ3) is 6.79. The van der Waals surface area contributed by atoms with Crippen LogP contribution in [0.4, 0.5) is 0 Å². The largest absolute Gasteiger partial charge is 0.312 e. The molecule has 0 saturated heterocycles. The summed E-state index contributed by atoms with van der Waals surface area (Å²) in [5.41, 5.74) is 3.73. The fourth-order valence-corrected chi connectivity index (χ4v) is 2.93. The maximum Gasteiger partial charge on any atom is 0.138 e. The highest BCUT2D eigenvalue weighted by molar-refractivity contribution is 7.99. The highest BCUT2D eigenvalue weighted by Crippen LogP contribution is 2.19. The Kier molecular flexibility index (Phi) is 7.14. The molecule has 4 heteroatoms. The Labute approximate surface area is 134 Å². The maximum atomic E-state index is 4.70. The number of nitrogens with one attached hydrogen (secondary N) is 1. The smallest absolute Gasteiger partial charge is 0.138 e. The second-order valence-corrected chi connectivity index (χ2v) is 8.17. The van der Waals surface area contributed by atoms with E-state index in [1.165, 1.54) is 12.0 Å². The van der Waals surface area contributed by atoms with Gasteiger partial charge >= 0.3 is 0 Å². The summed E-state index contributed by atoms with van der Waals surface area (Å²) < 4.78 is 0. The van der Waals surface area contributed by atoms with Crippen molar-refractivity contribution >= 4 is 11.8 Å². The minimum Gasteiger partial charge on any atom is -0.312 e. The summed E-state index contributed by atoms with van der Waals surface area (Å²) in [4.78, 5) is 9.39. The molecule has 3 nitrogen and oxygen atoms in total. The molecular weight excluding hydrogens is 278 g/mol. The zero-order valence-electron chi connectivity index (χ0n) is 14.7. The first kappa shape index (κ1) is 18.4. The van der Waals surface area contributed by atoms with E-state index in [4.69, 9.17) is 9.97 Å². The van der Waals surface area contributed by atoms with Gasteiger partial charge in [-0.2, -0.15) is 11.8 Å². The molecule has 1 aromatic rings. The van der Waals surface area contributed by atoms with Crippen LogP contribution in [0.3, 0.4) is 0 Å². The van der Waals surface area contributed by atoms with Crippen LogP contribution in [-0.2, 0) is 12.2 Å². The highest BCUT2D eigenvalue weighted by atomic mass is 32.2. The van der Waals surface area contributed by atoms with Crippen LogP contribution in [-0.4, -0.2) is 27.3 Å². The van der Waals surface area contributed by atoms with Crippen LogP contribution < -0.4 is 5.32 Å². The van der Waals surface area contributed by atoms with Gasteiger partial charge in [-0.15, -0.1) is 0 Å². The van der Waals surface area contributed by atoms with Crippen molar-refractivity contribution in [1.82, 2.24) is 15.3 Å². The Bertz CT molecular complexity index is 429. The summed E-state index contributed by atoms with van der Waals surface area (Å²) in [6.45, 7) is 16.2. The molecular formula is C17H31N3S. The molecule has 0 saturated carbocycles. The average Bonchev–Trinajstić information content (AvgIpc) is 2.37. The normalized spacial score (nSPS) is 13.5. The SMILES string of the molecule is CCC(C)SCc1nc(C)c(CCNC(C)(C)C)c(C)n1. The molecule has 0 spiro atoms. The second kappa shape index (κ2) is 8.14. The molecule has 1 aromatic heterocycles. The van der Waals surface area contributed by atoms with E-state index in [2.05, 4.69) is 53.8 Å². The van der Waals surface area contributed by atoms with Gasteiger partial charge in [-0.1, -0.05) is 13.8 Å². The van der Waals surface area contributed by atoms with Crippen LogP contribution in [0.2, 0.25) is 0 Å². The lowest BCUT2D eigenvalue weighted by Crippen LogP contribution is -2.37. The van der Waals surface area contributed by atoms with E-state index < -0.39 is 0 Å². The molecule has 0 amide bonds. The summed E-state index contributed by atoms with van der Waals surface area (Å²) in [7, 11) is 0. The molecule has 0 fully saturated rings. The molecule has 0 aromatic carbocycles. The summed E-state index contributed by atoms with van der Waals surface area (Å²) in [6, 6.07) is 0. The van der Waals surface area contributed by atoms with Crippen LogP contribution in [0.15, 0.2) is 0 Å². The lowest BCUT2D eigenvalue weighted by molar-refractivity contribution is 0.429. The number of nitrogens with zero attached hydrogens (tertiary/aromatic N) is 2. The Morgan fingerprint density at radius 2 is 1.71 bits per heavy atom. The van der Waals surface area contributed by atoms with E-state index in [1.807, 2.05) is 11.8 Å². The van der Waals surface area contributed by atoms with Gasteiger partial charge in [0.05, 0.1) is 5.75 Å². The summed E-state index contributed by atoms with van der Waals surface area (Å²) >= 11 is 1.94. The fraction of sp³-hybridized carbons (Fsp3) is 0.765. The minimum absolute atomic E-state index is 0.162. The van der Waals surface area contributed by atoms with Gasteiger partial charge in [-0.25, -0.2) is 9.97 Å². The van der Waals surface area contributed by atoms with Gasteiger partial charge in [0.25, 0.3) is 0 Å². The monoisotopic (exact) mass is 309 g/mol. The van der Waals surface area contributed by atoms with Gasteiger partial charge in [0.1, 0.15) is 5.82 Å². The number of thioether (sulfide) groups is 1. The van der Waals surface area contributed by atoms with Gasteiger partial charge in [0.15, 0.2) is 0 Å². The molecule has 0 aliphatic heterocycles. The van der Waals surface area contributed by atoms with E-state index in [0.717, 1.165) is 35.9 Å². The predicted molar refractivity (Wildman–Crippen MR) is 94.0 cm³/mol. The van der Waals surface area contributed by atoms with Crippen molar-refractivity contribution in [3.05, 3.63) is 22.8 Å². The van der Waals surface area contributed by atoms with Gasteiger partial charge in [-0.05, 0) is 59.6 Å². The fourth-order valence-electron chi connectivity index (χ4n) is 2.13. The first-order valence-corrected chi connectivity index (χ1v) is 8.97. The van der Waals surface area contributed by atoms with Crippen molar-refractivity contribution in [2.24, 2.45) is 0 Å². The lowest BCUT2D eigenvalue weighted by atomic mass is 10.1. The quantitative estimate of drug-likeness (QED) is 0.824. The van der Waals surface area contributed by atoms with Crippen molar-refractivity contribution in [1.29, 1.82) is 0 Å². The Morgan fingerprint density at radius 1 is 1.14 bits per heavy atom. The lowest BCUT2D eigenvalue weighted by Gasteiger charge is -2.21. The van der Waals surface area contributed by atoms with Crippen molar-refractivity contribution in [3.63, 3.8) is 0 Å². The molecule has 120 valence electrons. The van der Waals surface area contributed by atoms with E-state index >= 15 is 0 Å². The van der Waals surface area contributed by atoms with Crippen LogP contribution in [0.5, 0.6) is 0 Å². The number of aryl methyl sites for hydroxylation is 2. The van der Waals surface area contributed by atoms with Crippen LogP contribution in [0.25, 0.3) is 0 Å². The standard InChI is InChI=1S/C17H31N3S/c1-8-12(2)21-11-16-19-13(3)15(14(4)20-16)9-10-18-17(5,6)7/h12,18H,8-11H2,1-7H3. The number of hydrogen-bond donors (Lipinski definition) is 1. The van der Waals surface area contributed by atoms with Crippen molar-refractivity contribution < 1.29 is 0 Å². The summed E-state index contributed by atoms with van der Waals surface area (Å²) in [5, 5.41) is 4.20. The second-order valence-electron chi connectivity index (χ2n) is 6.75. The van der Waals surface area contributed by atoms with E-state index in [-0.39, 0.29) is 5.54 Å². The third-order valence-corrected chi connectivity index (χ3v) is 4.90. The van der Waals surface area contributed by atoms with Gasteiger partial charge in [-0.3, -0.25) is 0 Å². The molecule has 1 heterocycles. The maximum absolute atomic E-state index is 4.70. The van der Waals surface area contributed by atoms with E-state index in [0.29, 0.717) is 5.25 Å². The molecule has 0 bridgehead atoms. The molecule has 1 unspecified atom stereocenters. The predicted octanol–water partition coefficient (Wildman–Crippen LogP) is 4.06. The van der Waals surface area contributed by atoms with E-state index in [1.54, 1.807) is 0 Å². The molecule has 1 rings (SSSR count). The summed E-state index contributed by atoms with van der Waals surface area (Å²) in [6.07, 6.45) is 2.19. The van der Waals surface area contributed by atoms with Crippen LogP contribution >= 0.6 is 11.8 Å². The van der Waals surface area contributed by atoms with Gasteiger partial charge in [0.2, 0.25) is 0 Å².